The molecule has 0 aliphatic carbocycles. The van der Waals surface area contributed by atoms with Crippen LogP contribution in [0.25, 0.3) is 0 Å². The molecule has 0 spiro atoms. The summed E-state index contributed by atoms with van der Waals surface area (Å²) in [5.41, 5.74) is 0.793. The van der Waals surface area contributed by atoms with E-state index in [0.29, 0.717) is 0 Å². The van der Waals surface area contributed by atoms with Crippen molar-refractivity contribution in [1.82, 2.24) is 4.90 Å². The predicted molar refractivity (Wildman–Crippen MR) is 77.8 cm³/mol. The average Bonchev–Trinajstić information content (AvgIpc) is 2.41. The van der Waals surface area contributed by atoms with E-state index in [1.54, 1.807) is 14.2 Å². The van der Waals surface area contributed by atoms with Crippen LogP contribution in [0.4, 0.5) is 4.79 Å². The zero-order valence-electron chi connectivity index (χ0n) is 11.7. The first-order valence-electron chi connectivity index (χ1n) is 6.22. The van der Waals surface area contributed by atoms with Crippen molar-refractivity contribution < 1.29 is 19.4 Å². The van der Waals surface area contributed by atoms with Gasteiger partial charge in [0.1, 0.15) is 5.41 Å². The summed E-state index contributed by atoms with van der Waals surface area (Å²) in [5.74, 6) is 0. The van der Waals surface area contributed by atoms with Crippen molar-refractivity contribution in [3.8, 4) is 6.07 Å². The molecule has 7 heteroatoms. The minimum atomic E-state index is -1.01. The van der Waals surface area contributed by atoms with Crippen LogP contribution in [0, 0.1) is 11.3 Å². The first-order valence-corrected chi connectivity index (χ1v) is 7.01. The van der Waals surface area contributed by atoms with Crippen molar-refractivity contribution >= 4 is 22.0 Å². The molecule has 112 valence electrons. The summed E-state index contributed by atoms with van der Waals surface area (Å²) in [4.78, 5) is 12.1. The van der Waals surface area contributed by atoms with Crippen molar-refractivity contribution in [3.05, 3.63) is 33.8 Å². The summed E-state index contributed by atoms with van der Waals surface area (Å²) in [6.45, 7) is 0.351. The molecule has 1 N–H and O–H groups in total. The third-order valence-electron chi connectivity index (χ3n) is 3.62. The average molecular weight is 355 g/mol. The molecule has 2 rings (SSSR count). The lowest BCUT2D eigenvalue weighted by Gasteiger charge is -2.44. The second kappa shape index (κ2) is 6.02. The number of carbonyl (C=O) groups is 1. The number of hydrogen-bond acceptors (Lipinski definition) is 4. The maximum atomic E-state index is 10.9. The minimum absolute atomic E-state index is 0.175. The third-order valence-corrected chi connectivity index (χ3v) is 4.27. The maximum absolute atomic E-state index is 10.9. The normalized spacial score (nSPS) is 16.4. The number of rotatable bonds is 4. The van der Waals surface area contributed by atoms with Crippen LogP contribution in [-0.4, -0.2) is 43.4 Å². The number of likely N-dealkylation sites (tertiary alicyclic amines) is 1. The molecule has 0 atom stereocenters. The highest BCUT2D eigenvalue weighted by molar-refractivity contribution is 9.10. The SMILES string of the molecule is COC(OC)c1ccc(C2(C#N)CN(C(=O)O)C2)c(Br)c1. The quantitative estimate of drug-likeness (QED) is 0.839. The summed E-state index contributed by atoms with van der Waals surface area (Å²) >= 11 is 3.45. The number of ether oxygens (including phenoxy) is 2. The van der Waals surface area contributed by atoms with Crippen LogP contribution in [0.15, 0.2) is 22.7 Å². The third kappa shape index (κ3) is 2.75. The molecule has 1 fully saturated rings. The van der Waals surface area contributed by atoms with Crippen LogP contribution in [0.1, 0.15) is 17.4 Å². The van der Waals surface area contributed by atoms with E-state index in [1.165, 1.54) is 4.90 Å². The molecule has 0 aromatic heterocycles. The summed E-state index contributed by atoms with van der Waals surface area (Å²) < 4.78 is 11.1. The molecule has 0 bridgehead atoms. The molecule has 1 saturated heterocycles. The fourth-order valence-electron chi connectivity index (χ4n) is 2.48. The molecule has 1 amide bonds. The fraction of sp³-hybridized carbons (Fsp3) is 0.429. The highest BCUT2D eigenvalue weighted by atomic mass is 79.9. The molecular weight excluding hydrogens is 340 g/mol. The zero-order chi connectivity index (χ0) is 15.6. The van der Waals surface area contributed by atoms with E-state index in [-0.39, 0.29) is 13.1 Å². The van der Waals surface area contributed by atoms with Gasteiger partial charge in [-0.05, 0) is 11.6 Å². The van der Waals surface area contributed by atoms with Crippen molar-refractivity contribution in [3.63, 3.8) is 0 Å². The molecule has 1 aromatic carbocycles. The van der Waals surface area contributed by atoms with E-state index >= 15 is 0 Å². The Morgan fingerprint density at radius 3 is 2.52 bits per heavy atom. The fourth-order valence-corrected chi connectivity index (χ4v) is 3.25. The van der Waals surface area contributed by atoms with Gasteiger partial charge in [-0.15, -0.1) is 0 Å². The van der Waals surface area contributed by atoms with E-state index in [0.717, 1.165) is 15.6 Å². The van der Waals surface area contributed by atoms with Crippen LogP contribution in [0.3, 0.4) is 0 Å². The number of nitrogens with zero attached hydrogens (tertiary/aromatic N) is 2. The van der Waals surface area contributed by atoms with Crippen molar-refractivity contribution in [1.29, 1.82) is 5.26 Å². The Labute approximate surface area is 131 Å². The number of halogens is 1. The maximum Gasteiger partial charge on any atom is 0.407 e. The number of benzene rings is 1. The Hall–Kier alpha value is -1.62. The molecule has 1 aliphatic heterocycles. The molecule has 21 heavy (non-hydrogen) atoms. The summed E-state index contributed by atoms with van der Waals surface area (Å²) in [6, 6.07) is 7.70. The van der Waals surface area contributed by atoms with E-state index < -0.39 is 17.8 Å². The molecule has 6 nitrogen and oxygen atoms in total. The largest absolute Gasteiger partial charge is 0.465 e. The highest BCUT2D eigenvalue weighted by Gasteiger charge is 2.48. The monoisotopic (exact) mass is 354 g/mol. The van der Waals surface area contributed by atoms with Crippen molar-refractivity contribution in [2.45, 2.75) is 11.7 Å². The van der Waals surface area contributed by atoms with Gasteiger partial charge < -0.3 is 19.5 Å². The number of carboxylic acid groups (broad SMARTS) is 1. The van der Waals surface area contributed by atoms with E-state index in [2.05, 4.69) is 22.0 Å². The van der Waals surface area contributed by atoms with E-state index in [4.69, 9.17) is 14.6 Å². The first kappa shape index (κ1) is 15.8. The summed E-state index contributed by atoms with van der Waals surface area (Å²) in [5, 5.41) is 18.4. The van der Waals surface area contributed by atoms with Crippen LogP contribution in [0.5, 0.6) is 0 Å². The molecule has 1 aromatic rings. The first-order chi connectivity index (χ1) is 9.97. The Kier molecular flexibility index (Phi) is 4.52. The molecule has 0 unspecified atom stereocenters. The van der Waals surface area contributed by atoms with Crippen LogP contribution < -0.4 is 0 Å². The lowest BCUT2D eigenvalue weighted by atomic mass is 9.75. The van der Waals surface area contributed by atoms with Gasteiger partial charge in [0, 0.05) is 37.3 Å². The predicted octanol–water partition coefficient (Wildman–Crippen LogP) is 2.50. The van der Waals surface area contributed by atoms with Crippen molar-refractivity contribution in [2.24, 2.45) is 0 Å². The van der Waals surface area contributed by atoms with Crippen LogP contribution in [-0.2, 0) is 14.9 Å². The topological polar surface area (TPSA) is 82.8 Å². The van der Waals surface area contributed by atoms with Gasteiger partial charge in [0.2, 0.25) is 0 Å². The Morgan fingerprint density at radius 2 is 2.10 bits per heavy atom. The Bertz CT molecular complexity index is 589. The van der Waals surface area contributed by atoms with Crippen molar-refractivity contribution in [2.75, 3.05) is 27.3 Å². The number of amides is 1. The number of nitriles is 1. The lowest BCUT2D eigenvalue weighted by Crippen LogP contribution is -2.60. The molecule has 1 heterocycles. The highest BCUT2D eigenvalue weighted by Crippen LogP contribution is 2.39. The van der Waals surface area contributed by atoms with Gasteiger partial charge in [-0.25, -0.2) is 4.79 Å². The van der Waals surface area contributed by atoms with Gasteiger partial charge in [0.25, 0.3) is 0 Å². The minimum Gasteiger partial charge on any atom is -0.465 e. The van der Waals surface area contributed by atoms with Crippen LogP contribution >= 0.6 is 15.9 Å². The number of methoxy groups -OCH3 is 2. The molecular formula is C14H15BrN2O4. The van der Waals surface area contributed by atoms with E-state index in [1.807, 2.05) is 18.2 Å². The van der Waals surface area contributed by atoms with Gasteiger partial charge in [0.05, 0.1) is 6.07 Å². The number of hydrogen-bond donors (Lipinski definition) is 1. The van der Waals surface area contributed by atoms with Gasteiger partial charge in [-0.1, -0.05) is 28.1 Å². The van der Waals surface area contributed by atoms with Crippen LogP contribution in [0.2, 0.25) is 0 Å². The van der Waals surface area contributed by atoms with Gasteiger partial charge in [-0.2, -0.15) is 5.26 Å². The van der Waals surface area contributed by atoms with Gasteiger partial charge >= 0.3 is 6.09 Å². The Morgan fingerprint density at radius 1 is 1.48 bits per heavy atom. The second-order valence-electron chi connectivity index (χ2n) is 4.88. The standard InChI is InChI=1S/C14H15BrN2O4/c1-20-12(21-2)9-3-4-10(11(15)5-9)14(6-16)7-17(8-14)13(18)19/h3-5,12H,7-8H2,1-2H3,(H,18,19). The lowest BCUT2D eigenvalue weighted by molar-refractivity contribution is -0.106. The smallest absolute Gasteiger partial charge is 0.407 e. The van der Waals surface area contributed by atoms with E-state index in [9.17, 15) is 10.1 Å². The molecule has 0 saturated carbocycles. The summed E-state index contributed by atoms with van der Waals surface area (Å²) in [7, 11) is 3.09. The Balaban J connectivity index is 2.29. The molecule has 1 aliphatic rings. The second-order valence-corrected chi connectivity index (χ2v) is 5.73. The summed E-state index contributed by atoms with van der Waals surface area (Å²) in [6.07, 6.45) is -1.49. The zero-order valence-corrected chi connectivity index (χ0v) is 13.3. The van der Waals surface area contributed by atoms with Gasteiger partial charge in [0.15, 0.2) is 6.29 Å². The van der Waals surface area contributed by atoms with Gasteiger partial charge in [-0.3, -0.25) is 0 Å². The molecule has 0 radical (unpaired) electrons.